The van der Waals surface area contributed by atoms with Crippen LogP contribution in [0.1, 0.15) is 15.9 Å². The number of aldehydes is 1. The van der Waals surface area contributed by atoms with Gasteiger partial charge >= 0.3 is 0 Å². The summed E-state index contributed by atoms with van der Waals surface area (Å²) in [5.41, 5.74) is 2.93. The SMILES string of the molecule is COc1cccc(Cn2ccc3ccc(C=O)cc32)c1. The molecular weight excluding hydrogens is 250 g/mol. The molecule has 1 aromatic heterocycles. The molecule has 0 amide bonds. The Labute approximate surface area is 117 Å². The lowest BCUT2D eigenvalue weighted by atomic mass is 10.2. The van der Waals surface area contributed by atoms with Gasteiger partial charge in [0.15, 0.2) is 0 Å². The van der Waals surface area contributed by atoms with Crippen molar-refractivity contribution < 1.29 is 9.53 Å². The predicted molar refractivity (Wildman–Crippen MR) is 79.4 cm³/mol. The molecule has 3 heteroatoms. The molecule has 3 rings (SSSR count). The van der Waals surface area contributed by atoms with Crippen LogP contribution >= 0.6 is 0 Å². The van der Waals surface area contributed by atoms with Crippen molar-refractivity contribution in [2.24, 2.45) is 0 Å². The molecule has 0 N–H and O–H groups in total. The maximum absolute atomic E-state index is 10.9. The summed E-state index contributed by atoms with van der Waals surface area (Å²) in [5.74, 6) is 0.854. The van der Waals surface area contributed by atoms with E-state index < -0.39 is 0 Å². The van der Waals surface area contributed by atoms with Crippen LogP contribution < -0.4 is 4.74 Å². The van der Waals surface area contributed by atoms with Crippen LogP contribution in [0.5, 0.6) is 5.75 Å². The molecule has 0 aliphatic heterocycles. The van der Waals surface area contributed by atoms with Crippen molar-refractivity contribution >= 4 is 17.2 Å². The number of carbonyl (C=O) groups excluding carboxylic acids is 1. The molecule has 0 unspecified atom stereocenters. The van der Waals surface area contributed by atoms with E-state index >= 15 is 0 Å². The lowest BCUT2D eigenvalue weighted by Crippen LogP contribution is -1.98. The van der Waals surface area contributed by atoms with E-state index in [-0.39, 0.29) is 0 Å². The van der Waals surface area contributed by atoms with E-state index in [1.165, 1.54) is 5.56 Å². The number of ether oxygens (including phenoxy) is 1. The second-order valence-corrected chi connectivity index (χ2v) is 4.73. The van der Waals surface area contributed by atoms with Gasteiger partial charge in [0.25, 0.3) is 0 Å². The van der Waals surface area contributed by atoms with Gasteiger partial charge in [-0.2, -0.15) is 0 Å². The van der Waals surface area contributed by atoms with E-state index in [1.807, 2.05) is 42.6 Å². The molecule has 3 aromatic rings. The van der Waals surface area contributed by atoms with Gasteiger partial charge in [-0.25, -0.2) is 0 Å². The second-order valence-electron chi connectivity index (χ2n) is 4.73. The van der Waals surface area contributed by atoms with Crippen molar-refractivity contribution in [3.63, 3.8) is 0 Å². The summed E-state index contributed by atoms with van der Waals surface area (Å²) in [6, 6.07) is 15.8. The normalized spacial score (nSPS) is 10.7. The van der Waals surface area contributed by atoms with Gasteiger partial charge in [-0.1, -0.05) is 24.3 Å². The Morgan fingerprint density at radius 3 is 2.85 bits per heavy atom. The van der Waals surface area contributed by atoms with E-state index in [1.54, 1.807) is 7.11 Å². The van der Waals surface area contributed by atoms with Crippen LogP contribution in [-0.2, 0) is 6.54 Å². The fourth-order valence-corrected chi connectivity index (χ4v) is 2.38. The maximum atomic E-state index is 10.9. The van der Waals surface area contributed by atoms with Gasteiger partial charge in [0.1, 0.15) is 12.0 Å². The van der Waals surface area contributed by atoms with Crippen LogP contribution in [0.3, 0.4) is 0 Å². The van der Waals surface area contributed by atoms with Gasteiger partial charge < -0.3 is 9.30 Å². The first-order valence-electron chi connectivity index (χ1n) is 6.47. The van der Waals surface area contributed by atoms with Crippen LogP contribution in [0.4, 0.5) is 0 Å². The average molecular weight is 265 g/mol. The highest BCUT2D eigenvalue weighted by molar-refractivity contribution is 5.87. The van der Waals surface area contributed by atoms with E-state index in [4.69, 9.17) is 4.74 Å². The summed E-state index contributed by atoms with van der Waals surface area (Å²) in [6.45, 7) is 0.753. The number of aromatic nitrogens is 1. The molecule has 1 heterocycles. The minimum Gasteiger partial charge on any atom is -0.497 e. The van der Waals surface area contributed by atoms with Crippen molar-refractivity contribution in [1.82, 2.24) is 4.57 Å². The lowest BCUT2D eigenvalue weighted by Gasteiger charge is -2.08. The summed E-state index contributed by atoms with van der Waals surface area (Å²) < 4.78 is 7.38. The average Bonchev–Trinajstić information content (AvgIpc) is 2.89. The fraction of sp³-hybridized carbons (Fsp3) is 0.118. The van der Waals surface area contributed by atoms with Gasteiger partial charge in [0.05, 0.1) is 7.11 Å². The van der Waals surface area contributed by atoms with Crippen molar-refractivity contribution in [1.29, 1.82) is 0 Å². The zero-order chi connectivity index (χ0) is 13.9. The summed E-state index contributed by atoms with van der Waals surface area (Å²) in [6.07, 6.45) is 2.92. The Balaban J connectivity index is 1.99. The highest BCUT2D eigenvalue weighted by atomic mass is 16.5. The van der Waals surface area contributed by atoms with E-state index in [2.05, 4.69) is 16.7 Å². The molecule has 0 aliphatic rings. The minimum absolute atomic E-state index is 0.697. The van der Waals surface area contributed by atoms with Gasteiger partial charge in [-0.15, -0.1) is 0 Å². The number of hydrogen-bond donors (Lipinski definition) is 0. The van der Waals surface area contributed by atoms with Crippen LogP contribution in [0.2, 0.25) is 0 Å². The van der Waals surface area contributed by atoms with E-state index in [0.717, 1.165) is 29.5 Å². The molecule has 0 bridgehead atoms. The smallest absolute Gasteiger partial charge is 0.150 e. The number of fused-ring (bicyclic) bond motifs is 1. The standard InChI is InChI=1S/C17H15NO2/c1-20-16-4-2-3-13(9-16)11-18-8-7-15-6-5-14(12-19)10-17(15)18/h2-10,12H,11H2,1H3. The first kappa shape index (κ1) is 12.5. The number of carbonyl (C=O) groups is 1. The third kappa shape index (κ3) is 2.30. The zero-order valence-corrected chi connectivity index (χ0v) is 11.2. The zero-order valence-electron chi connectivity index (χ0n) is 11.2. The molecular formula is C17H15NO2. The van der Waals surface area contributed by atoms with E-state index in [9.17, 15) is 4.79 Å². The topological polar surface area (TPSA) is 31.2 Å². The number of methoxy groups -OCH3 is 1. The van der Waals surface area contributed by atoms with Crippen LogP contribution in [0, 0.1) is 0 Å². The highest BCUT2D eigenvalue weighted by Gasteiger charge is 2.04. The first-order valence-corrected chi connectivity index (χ1v) is 6.47. The Hall–Kier alpha value is -2.55. The third-order valence-corrected chi connectivity index (χ3v) is 3.42. The monoisotopic (exact) mass is 265 g/mol. The Bertz CT molecular complexity index is 759. The fourth-order valence-electron chi connectivity index (χ4n) is 2.38. The number of nitrogens with zero attached hydrogens (tertiary/aromatic N) is 1. The molecule has 0 saturated carbocycles. The minimum atomic E-state index is 0.697. The van der Waals surface area contributed by atoms with Crippen LogP contribution in [0.15, 0.2) is 54.7 Å². The summed E-state index contributed by atoms with van der Waals surface area (Å²) >= 11 is 0. The summed E-state index contributed by atoms with van der Waals surface area (Å²) in [7, 11) is 1.67. The molecule has 20 heavy (non-hydrogen) atoms. The summed E-state index contributed by atoms with van der Waals surface area (Å²) in [4.78, 5) is 10.9. The third-order valence-electron chi connectivity index (χ3n) is 3.42. The maximum Gasteiger partial charge on any atom is 0.150 e. The quantitative estimate of drug-likeness (QED) is 0.676. The van der Waals surface area contributed by atoms with Crippen molar-refractivity contribution in [2.45, 2.75) is 6.54 Å². The van der Waals surface area contributed by atoms with Gasteiger partial charge in [-0.05, 0) is 35.2 Å². The van der Waals surface area contributed by atoms with Crippen LogP contribution in [0.25, 0.3) is 10.9 Å². The lowest BCUT2D eigenvalue weighted by molar-refractivity contribution is 0.112. The Kier molecular flexibility index (Phi) is 3.25. The van der Waals surface area contributed by atoms with Gasteiger partial charge in [-0.3, -0.25) is 4.79 Å². The molecule has 0 fully saturated rings. The molecule has 100 valence electrons. The molecule has 0 radical (unpaired) electrons. The molecule has 0 atom stereocenters. The Morgan fingerprint density at radius 2 is 2.05 bits per heavy atom. The first-order chi connectivity index (χ1) is 9.80. The highest BCUT2D eigenvalue weighted by Crippen LogP contribution is 2.20. The molecule has 2 aromatic carbocycles. The van der Waals surface area contributed by atoms with Gasteiger partial charge in [0.2, 0.25) is 0 Å². The molecule has 0 spiro atoms. The van der Waals surface area contributed by atoms with E-state index in [0.29, 0.717) is 5.56 Å². The van der Waals surface area contributed by atoms with Crippen LogP contribution in [-0.4, -0.2) is 18.0 Å². The molecule has 0 aliphatic carbocycles. The van der Waals surface area contributed by atoms with Crippen molar-refractivity contribution in [3.8, 4) is 5.75 Å². The van der Waals surface area contributed by atoms with Gasteiger partial charge in [0, 0.05) is 23.8 Å². The molecule has 3 nitrogen and oxygen atoms in total. The second kappa shape index (κ2) is 5.21. The summed E-state index contributed by atoms with van der Waals surface area (Å²) in [5, 5.41) is 1.14. The molecule has 0 saturated heterocycles. The number of rotatable bonds is 4. The number of benzene rings is 2. The largest absolute Gasteiger partial charge is 0.497 e. The predicted octanol–water partition coefficient (Wildman–Crippen LogP) is 3.51. The van der Waals surface area contributed by atoms with Crippen molar-refractivity contribution in [3.05, 3.63) is 65.9 Å². The number of hydrogen-bond acceptors (Lipinski definition) is 2. The Morgan fingerprint density at radius 1 is 1.15 bits per heavy atom. The van der Waals surface area contributed by atoms with Crippen molar-refractivity contribution in [2.75, 3.05) is 7.11 Å².